The number of anilines is 2. The smallest absolute Gasteiger partial charge is 0.134 e. The van der Waals surface area contributed by atoms with E-state index >= 15 is 0 Å². The Balaban J connectivity index is 1.76. The summed E-state index contributed by atoms with van der Waals surface area (Å²) < 4.78 is 14.3. The van der Waals surface area contributed by atoms with E-state index in [0.29, 0.717) is 5.82 Å². The highest BCUT2D eigenvalue weighted by Gasteiger charge is 2.26. The lowest BCUT2D eigenvalue weighted by Gasteiger charge is -2.35. The van der Waals surface area contributed by atoms with Crippen molar-refractivity contribution in [2.24, 2.45) is 5.73 Å². The predicted octanol–water partition coefficient (Wildman–Crippen LogP) is 4.85. The summed E-state index contributed by atoms with van der Waals surface area (Å²) in [7, 11) is 0. The first-order valence-electron chi connectivity index (χ1n) is 10.6. The van der Waals surface area contributed by atoms with Crippen molar-refractivity contribution in [2.75, 3.05) is 23.7 Å². The molecule has 5 nitrogen and oxygen atoms in total. The number of halogens is 1. The molecule has 2 aromatic heterocycles. The van der Waals surface area contributed by atoms with Crippen LogP contribution < -0.4 is 16.4 Å². The van der Waals surface area contributed by atoms with E-state index in [1.165, 1.54) is 6.07 Å². The number of pyridine rings is 1. The Kier molecular flexibility index (Phi) is 4.87. The highest BCUT2D eigenvalue weighted by Crippen LogP contribution is 2.43. The van der Waals surface area contributed by atoms with Gasteiger partial charge in [0.1, 0.15) is 11.6 Å². The Morgan fingerprint density at radius 2 is 1.87 bits per heavy atom. The van der Waals surface area contributed by atoms with Crippen LogP contribution >= 0.6 is 0 Å². The predicted molar refractivity (Wildman–Crippen MR) is 125 cm³/mol. The normalized spacial score (nSPS) is 15.0. The number of hydrogen-bond donors (Lipinski definition) is 3. The van der Waals surface area contributed by atoms with Gasteiger partial charge in [-0.1, -0.05) is 24.3 Å². The molecule has 158 valence electrons. The van der Waals surface area contributed by atoms with Gasteiger partial charge >= 0.3 is 0 Å². The van der Waals surface area contributed by atoms with Gasteiger partial charge in [-0.3, -0.25) is 0 Å². The highest BCUT2D eigenvalue weighted by molar-refractivity contribution is 5.98. The number of fused-ring (bicyclic) bond motifs is 1. The average Bonchev–Trinajstić information content (AvgIpc) is 3.17. The molecule has 31 heavy (non-hydrogen) atoms. The molecule has 0 amide bonds. The number of nitrogens with two attached hydrogens (primary N) is 2. The molecule has 0 unspecified atom stereocenters. The quantitative estimate of drug-likeness (QED) is 0.446. The minimum absolute atomic E-state index is 0.201. The topological polar surface area (TPSA) is 84.0 Å². The zero-order valence-corrected chi connectivity index (χ0v) is 17.5. The number of para-hydroxylation sites is 1. The molecule has 0 bridgehead atoms. The third-order valence-corrected chi connectivity index (χ3v) is 6.09. The van der Waals surface area contributed by atoms with Gasteiger partial charge in [-0.25, -0.2) is 9.37 Å². The standard InChI is InChI=1S/C25H26FN5/c1-15-10-17(12-18(26)11-15)20-14-29-25(28)23(24(20)31-8-6-19(27)7-9-31)22-13-16-4-2-3-5-21(16)30-22/h2-5,10-14,19,30H,6-9,27H2,1H3,(H2,28,29). The van der Waals surface area contributed by atoms with Crippen LogP contribution in [0.5, 0.6) is 0 Å². The molecule has 3 heterocycles. The van der Waals surface area contributed by atoms with Gasteiger partial charge in [-0.2, -0.15) is 0 Å². The molecule has 1 aliphatic heterocycles. The van der Waals surface area contributed by atoms with Crippen LogP contribution in [0.1, 0.15) is 18.4 Å². The van der Waals surface area contributed by atoms with Crippen LogP contribution in [0.3, 0.4) is 0 Å². The van der Waals surface area contributed by atoms with Crippen LogP contribution in [0.2, 0.25) is 0 Å². The molecule has 5 N–H and O–H groups in total. The van der Waals surface area contributed by atoms with Crippen molar-refractivity contribution < 1.29 is 4.39 Å². The molecule has 6 heteroatoms. The lowest BCUT2D eigenvalue weighted by atomic mass is 9.96. The summed E-state index contributed by atoms with van der Waals surface area (Å²) in [5, 5.41) is 1.11. The Hall–Kier alpha value is -3.38. The maximum absolute atomic E-state index is 14.3. The number of aromatic nitrogens is 2. The van der Waals surface area contributed by atoms with Gasteiger partial charge in [0.25, 0.3) is 0 Å². The molecule has 2 aromatic carbocycles. The first kappa shape index (κ1) is 19.6. The minimum Gasteiger partial charge on any atom is -0.383 e. The maximum Gasteiger partial charge on any atom is 0.134 e. The lowest BCUT2D eigenvalue weighted by Crippen LogP contribution is -2.40. The fourth-order valence-electron chi connectivity index (χ4n) is 4.54. The van der Waals surface area contributed by atoms with Crippen LogP contribution in [0.4, 0.5) is 15.9 Å². The lowest BCUT2D eigenvalue weighted by molar-refractivity contribution is 0.501. The van der Waals surface area contributed by atoms with Crippen molar-refractivity contribution in [3.63, 3.8) is 0 Å². The van der Waals surface area contributed by atoms with Crippen molar-refractivity contribution in [3.8, 4) is 22.4 Å². The van der Waals surface area contributed by atoms with Gasteiger partial charge < -0.3 is 21.4 Å². The Labute approximate surface area is 180 Å². The van der Waals surface area contributed by atoms with Gasteiger partial charge in [0, 0.05) is 41.8 Å². The molecule has 4 aromatic rings. The number of rotatable bonds is 3. The van der Waals surface area contributed by atoms with Gasteiger partial charge in [-0.15, -0.1) is 0 Å². The van der Waals surface area contributed by atoms with Crippen LogP contribution in [-0.4, -0.2) is 29.1 Å². The third-order valence-electron chi connectivity index (χ3n) is 6.09. The zero-order valence-electron chi connectivity index (χ0n) is 17.5. The summed E-state index contributed by atoms with van der Waals surface area (Å²) >= 11 is 0. The van der Waals surface area contributed by atoms with Crippen molar-refractivity contribution >= 4 is 22.4 Å². The van der Waals surface area contributed by atoms with Crippen LogP contribution in [0.15, 0.2) is 54.7 Å². The number of piperidine rings is 1. The molecule has 1 aliphatic rings. The molecule has 1 saturated heterocycles. The molecule has 5 rings (SSSR count). The Bertz CT molecular complexity index is 1200. The number of benzene rings is 2. The summed E-state index contributed by atoms with van der Waals surface area (Å²) in [5.74, 6) is 0.193. The van der Waals surface area contributed by atoms with Gasteiger partial charge in [0.2, 0.25) is 0 Å². The molecule has 0 spiro atoms. The van der Waals surface area contributed by atoms with E-state index in [9.17, 15) is 4.39 Å². The second-order valence-electron chi connectivity index (χ2n) is 8.39. The fourth-order valence-corrected chi connectivity index (χ4v) is 4.54. The average molecular weight is 416 g/mol. The summed E-state index contributed by atoms with van der Waals surface area (Å²) in [6.07, 6.45) is 3.56. The van der Waals surface area contributed by atoms with Crippen molar-refractivity contribution in [2.45, 2.75) is 25.8 Å². The van der Waals surface area contributed by atoms with E-state index in [2.05, 4.69) is 27.0 Å². The summed E-state index contributed by atoms with van der Waals surface area (Å²) in [6.45, 7) is 3.54. The summed E-state index contributed by atoms with van der Waals surface area (Å²) in [4.78, 5) is 10.3. The fraction of sp³-hybridized carbons (Fsp3) is 0.240. The highest BCUT2D eigenvalue weighted by atomic mass is 19.1. The third kappa shape index (κ3) is 3.64. The van der Waals surface area contributed by atoms with E-state index in [0.717, 1.165) is 70.5 Å². The molecule has 1 fully saturated rings. The molecular formula is C25H26FN5. The van der Waals surface area contributed by atoms with Crippen molar-refractivity contribution in [1.29, 1.82) is 0 Å². The number of aromatic amines is 1. The first-order valence-corrected chi connectivity index (χ1v) is 10.6. The zero-order chi connectivity index (χ0) is 21.5. The largest absolute Gasteiger partial charge is 0.383 e. The van der Waals surface area contributed by atoms with E-state index in [-0.39, 0.29) is 11.9 Å². The van der Waals surface area contributed by atoms with Crippen LogP contribution in [0, 0.1) is 12.7 Å². The minimum atomic E-state index is -0.259. The van der Waals surface area contributed by atoms with E-state index in [1.54, 1.807) is 12.3 Å². The van der Waals surface area contributed by atoms with Gasteiger partial charge in [0.15, 0.2) is 0 Å². The second-order valence-corrected chi connectivity index (χ2v) is 8.39. The number of nitrogens with zero attached hydrogens (tertiary/aromatic N) is 2. The Morgan fingerprint density at radius 1 is 1.10 bits per heavy atom. The molecule has 0 atom stereocenters. The van der Waals surface area contributed by atoms with Gasteiger partial charge in [-0.05, 0) is 55.2 Å². The summed E-state index contributed by atoms with van der Waals surface area (Å²) in [6, 6.07) is 15.5. The number of hydrogen-bond acceptors (Lipinski definition) is 4. The van der Waals surface area contributed by atoms with Crippen LogP contribution in [-0.2, 0) is 0 Å². The van der Waals surface area contributed by atoms with E-state index < -0.39 is 0 Å². The monoisotopic (exact) mass is 415 g/mol. The number of nitrogen functional groups attached to an aromatic ring is 1. The Morgan fingerprint density at radius 3 is 2.61 bits per heavy atom. The molecule has 0 aliphatic carbocycles. The van der Waals surface area contributed by atoms with E-state index in [1.807, 2.05) is 31.2 Å². The number of nitrogens with one attached hydrogen (secondary N) is 1. The molecular weight excluding hydrogens is 389 g/mol. The first-order chi connectivity index (χ1) is 15.0. The second kappa shape index (κ2) is 7.71. The SMILES string of the molecule is Cc1cc(F)cc(-c2cnc(N)c(-c3cc4ccccc4[nH]3)c2N2CCC(N)CC2)c1. The van der Waals surface area contributed by atoms with Crippen LogP contribution in [0.25, 0.3) is 33.3 Å². The molecule has 0 saturated carbocycles. The van der Waals surface area contributed by atoms with Crippen molar-refractivity contribution in [3.05, 3.63) is 66.1 Å². The maximum atomic E-state index is 14.3. The van der Waals surface area contributed by atoms with Gasteiger partial charge in [0.05, 0.1) is 16.9 Å². The number of aryl methyl sites for hydroxylation is 1. The van der Waals surface area contributed by atoms with E-state index in [4.69, 9.17) is 11.5 Å². The van der Waals surface area contributed by atoms with Crippen molar-refractivity contribution in [1.82, 2.24) is 9.97 Å². The number of H-pyrrole nitrogens is 1. The summed E-state index contributed by atoms with van der Waals surface area (Å²) in [5.41, 5.74) is 19.0. The molecule has 0 radical (unpaired) electrons.